The van der Waals surface area contributed by atoms with Crippen LogP contribution in [0.15, 0.2) is 10.9 Å². The van der Waals surface area contributed by atoms with Crippen molar-refractivity contribution in [2.45, 2.75) is 18.4 Å². The van der Waals surface area contributed by atoms with E-state index >= 15 is 0 Å². The maximum atomic E-state index is 12.2. The first-order chi connectivity index (χ1) is 10.4. The quantitative estimate of drug-likeness (QED) is 0.830. The number of amides is 1. The van der Waals surface area contributed by atoms with Crippen LogP contribution in [0.25, 0.3) is 0 Å². The van der Waals surface area contributed by atoms with Crippen molar-refractivity contribution in [3.63, 3.8) is 0 Å². The van der Waals surface area contributed by atoms with E-state index in [1.807, 2.05) is 0 Å². The van der Waals surface area contributed by atoms with Crippen LogP contribution in [-0.4, -0.2) is 62.3 Å². The highest BCUT2D eigenvalue weighted by atomic mass is 32.2. The summed E-state index contributed by atoms with van der Waals surface area (Å²) in [6, 6.07) is 0. The maximum Gasteiger partial charge on any atom is 0.273 e. The molecule has 0 bridgehead atoms. The van der Waals surface area contributed by atoms with E-state index in [0.29, 0.717) is 31.9 Å². The van der Waals surface area contributed by atoms with E-state index in [4.69, 9.17) is 4.74 Å². The van der Waals surface area contributed by atoms with Gasteiger partial charge in [-0.25, -0.2) is 18.1 Å². The van der Waals surface area contributed by atoms with Gasteiger partial charge in [0, 0.05) is 18.5 Å². The summed E-state index contributed by atoms with van der Waals surface area (Å²) in [5.74, 6) is 0.219. The molecule has 3 rings (SSSR count). The Balaban J connectivity index is 1.55. The van der Waals surface area contributed by atoms with Crippen molar-refractivity contribution in [1.29, 1.82) is 0 Å². The molecule has 2 saturated heterocycles. The van der Waals surface area contributed by atoms with Crippen molar-refractivity contribution in [3.8, 4) is 0 Å². The van der Waals surface area contributed by atoms with Crippen LogP contribution < -0.4 is 4.72 Å². The van der Waals surface area contributed by atoms with E-state index in [2.05, 4.69) is 9.71 Å². The second-order valence-corrected chi connectivity index (χ2v) is 8.44. The summed E-state index contributed by atoms with van der Waals surface area (Å²) in [5, 5.41) is 1.75. The summed E-state index contributed by atoms with van der Waals surface area (Å²) in [7, 11) is -3.16. The monoisotopic (exact) mass is 345 g/mol. The van der Waals surface area contributed by atoms with Crippen LogP contribution in [0.5, 0.6) is 0 Å². The Kier molecular flexibility index (Phi) is 4.23. The van der Waals surface area contributed by atoms with Gasteiger partial charge in [0.15, 0.2) is 0 Å². The first-order valence-corrected chi connectivity index (χ1v) is 9.99. The third kappa shape index (κ3) is 3.17. The number of hydrogen-bond acceptors (Lipinski definition) is 6. The highest BCUT2D eigenvalue weighted by molar-refractivity contribution is 7.88. The van der Waals surface area contributed by atoms with Crippen LogP contribution in [-0.2, 0) is 14.8 Å². The maximum absolute atomic E-state index is 12.2. The van der Waals surface area contributed by atoms with Crippen LogP contribution in [0.1, 0.15) is 23.3 Å². The number of ether oxygens (including phenoxy) is 1. The van der Waals surface area contributed by atoms with E-state index in [0.717, 1.165) is 19.1 Å². The number of carbonyl (C=O) groups is 1. The minimum absolute atomic E-state index is 0.0598. The largest absolute Gasteiger partial charge is 0.371 e. The molecule has 2 aliphatic heterocycles. The third-order valence-electron chi connectivity index (χ3n) is 4.31. The fourth-order valence-corrected chi connectivity index (χ4v) is 4.20. The number of thiazole rings is 1. The van der Waals surface area contributed by atoms with Gasteiger partial charge in [-0.15, -0.1) is 11.3 Å². The van der Waals surface area contributed by atoms with Gasteiger partial charge in [0.2, 0.25) is 10.0 Å². The van der Waals surface area contributed by atoms with Gasteiger partial charge in [0.25, 0.3) is 5.91 Å². The minimum Gasteiger partial charge on any atom is -0.371 e. The molecule has 1 amide bonds. The molecular formula is C13H19N3O4S2. The predicted molar refractivity (Wildman–Crippen MR) is 82.3 cm³/mol. The smallest absolute Gasteiger partial charge is 0.273 e. The second-order valence-electron chi connectivity index (χ2n) is 5.89. The SMILES string of the molecule is CS(=O)(=O)NCC[C@@H]1CCOC12CN(C(=O)c1cscn1)C2. The fourth-order valence-electron chi connectivity index (χ4n) is 3.18. The zero-order chi connectivity index (χ0) is 15.8. The number of nitrogens with one attached hydrogen (secondary N) is 1. The summed E-state index contributed by atoms with van der Waals surface area (Å²) in [4.78, 5) is 18.0. The standard InChI is InChI=1S/C13H19N3O4S2/c1-22(18,19)15-4-2-10-3-5-20-13(10)7-16(8-13)12(17)11-6-21-9-14-11/h6,9-10,15H,2-5,7-8H2,1H3/t10-/m1/s1. The van der Waals surface area contributed by atoms with E-state index in [1.165, 1.54) is 11.3 Å². The van der Waals surface area contributed by atoms with E-state index in [9.17, 15) is 13.2 Å². The number of aromatic nitrogens is 1. The number of nitrogens with zero attached hydrogens (tertiary/aromatic N) is 2. The van der Waals surface area contributed by atoms with Crippen molar-refractivity contribution in [1.82, 2.24) is 14.6 Å². The molecule has 2 fully saturated rings. The molecule has 1 atom stereocenters. The number of rotatable bonds is 5. The Labute approximate surface area is 133 Å². The molecular weight excluding hydrogens is 326 g/mol. The molecule has 122 valence electrons. The van der Waals surface area contributed by atoms with Crippen LogP contribution in [0, 0.1) is 5.92 Å². The normalized spacial score (nSPS) is 23.7. The average molecular weight is 345 g/mol. The molecule has 1 aromatic heterocycles. The molecule has 1 N–H and O–H groups in total. The molecule has 7 nitrogen and oxygen atoms in total. The van der Waals surface area contributed by atoms with E-state index in [1.54, 1.807) is 15.8 Å². The first kappa shape index (κ1) is 15.9. The highest BCUT2D eigenvalue weighted by Crippen LogP contribution is 2.41. The average Bonchev–Trinajstić information content (AvgIpc) is 3.03. The Morgan fingerprint density at radius 1 is 1.59 bits per heavy atom. The Bertz CT molecular complexity index is 638. The summed E-state index contributed by atoms with van der Waals surface area (Å²) in [6.07, 6.45) is 2.79. The Morgan fingerprint density at radius 3 is 3.00 bits per heavy atom. The van der Waals surface area contributed by atoms with Gasteiger partial charge in [-0.1, -0.05) is 0 Å². The molecule has 1 aromatic rings. The molecule has 0 unspecified atom stereocenters. The predicted octanol–water partition coefficient (Wildman–Crippen LogP) is 0.314. The molecule has 0 aliphatic carbocycles. The molecule has 22 heavy (non-hydrogen) atoms. The lowest BCUT2D eigenvalue weighted by Crippen LogP contribution is -2.66. The number of likely N-dealkylation sites (tertiary alicyclic amines) is 1. The van der Waals surface area contributed by atoms with Crippen LogP contribution in [0.2, 0.25) is 0 Å². The third-order valence-corrected chi connectivity index (χ3v) is 5.63. The lowest BCUT2D eigenvalue weighted by molar-refractivity contribution is -0.117. The topological polar surface area (TPSA) is 88.6 Å². The van der Waals surface area contributed by atoms with E-state index < -0.39 is 10.0 Å². The van der Waals surface area contributed by atoms with E-state index in [-0.39, 0.29) is 17.4 Å². The van der Waals surface area contributed by atoms with Gasteiger partial charge < -0.3 is 9.64 Å². The Hall–Kier alpha value is -1.03. The molecule has 1 spiro atoms. The van der Waals surface area contributed by atoms with Crippen molar-refractivity contribution in [2.75, 3.05) is 32.5 Å². The molecule has 0 radical (unpaired) electrons. The van der Waals surface area contributed by atoms with Crippen LogP contribution in [0.3, 0.4) is 0 Å². The zero-order valence-corrected chi connectivity index (χ0v) is 14.0. The van der Waals surface area contributed by atoms with Gasteiger partial charge in [0.05, 0.1) is 24.9 Å². The molecule has 3 heterocycles. The van der Waals surface area contributed by atoms with Gasteiger partial charge in [-0.3, -0.25) is 4.79 Å². The van der Waals surface area contributed by atoms with Gasteiger partial charge in [0.1, 0.15) is 11.3 Å². The van der Waals surface area contributed by atoms with Crippen LogP contribution >= 0.6 is 11.3 Å². The second kappa shape index (κ2) is 5.88. The highest BCUT2D eigenvalue weighted by Gasteiger charge is 2.54. The van der Waals surface area contributed by atoms with Crippen molar-refractivity contribution >= 4 is 27.3 Å². The Morgan fingerprint density at radius 2 is 2.36 bits per heavy atom. The number of hydrogen-bond donors (Lipinski definition) is 1. The summed E-state index contributed by atoms with van der Waals surface area (Å²) in [5.41, 5.74) is 1.83. The zero-order valence-electron chi connectivity index (χ0n) is 12.3. The van der Waals surface area contributed by atoms with Crippen molar-refractivity contribution < 1.29 is 17.9 Å². The molecule has 0 aromatic carbocycles. The first-order valence-electron chi connectivity index (χ1n) is 7.16. The molecule has 9 heteroatoms. The van der Waals surface area contributed by atoms with Gasteiger partial charge in [-0.05, 0) is 18.8 Å². The molecule has 0 saturated carbocycles. The number of carbonyl (C=O) groups excluding carboxylic acids is 1. The van der Waals surface area contributed by atoms with Crippen molar-refractivity contribution in [2.24, 2.45) is 5.92 Å². The summed E-state index contributed by atoms with van der Waals surface area (Å²) in [6.45, 7) is 2.21. The fraction of sp³-hybridized carbons (Fsp3) is 0.692. The summed E-state index contributed by atoms with van der Waals surface area (Å²) < 4.78 is 30.6. The number of sulfonamides is 1. The minimum atomic E-state index is -3.16. The van der Waals surface area contributed by atoms with Gasteiger partial charge >= 0.3 is 0 Å². The summed E-state index contributed by atoms with van der Waals surface area (Å²) >= 11 is 1.40. The molecule has 2 aliphatic rings. The lowest BCUT2D eigenvalue weighted by atomic mass is 9.79. The van der Waals surface area contributed by atoms with Crippen molar-refractivity contribution in [3.05, 3.63) is 16.6 Å². The van der Waals surface area contributed by atoms with Gasteiger partial charge in [-0.2, -0.15) is 0 Å². The van der Waals surface area contributed by atoms with Crippen LogP contribution in [0.4, 0.5) is 0 Å². The lowest BCUT2D eigenvalue weighted by Gasteiger charge is -2.50.